The number of ether oxygens (including phenoxy) is 1. The first kappa shape index (κ1) is 14.3. The van der Waals surface area contributed by atoms with Crippen molar-refractivity contribution in [3.8, 4) is 0 Å². The van der Waals surface area contributed by atoms with E-state index in [1.165, 1.54) is 0 Å². The summed E-state index contributed by atoms with van der Waals surface area (Å²) in [5.41, 5.74) is 4.11. The number of aromatic nitrogens is 1. The summed E-state index contributed by atoms with van der Waals surface area (Å²) in [5.74, 6) is 4.67. The normalized spacial score (nSPS) is 21.1. The van der Waals surface area contributed by atoms with Gasteiger partial charge in [0.25, 0.3) is 11.5 Å². The average Bonchev–Trinajstić information content (AvgIpc) is 3.02. The molecule has 3 N–H and O–H groups in total. The summed E-state index contributed by atoms with van der Waals surface area (Å²) in [7, 11) is 0. The van der Waals surface area contributed by atoms with Gasteiger partial charge in [0, 0.05) is 12.3 Å². The highest BCUT2D eigenvalue weighted by molar-refractivity contribution is 5.93. The first-order valence-corrected chi connectivity index (χ1v) is 7.59. The molecule has 114 valence electrons. The fourth-order valence-corrected chi connectivity index (χ4v) is 3.31. The molecule has 1 aliphatic heterocycles. The van der Waals surface area contributed by atoms with Crippen molar-refractivity contribution < 1.29 is 9.53 Å². The minimum Gasteiger partial charge on any atom is -0.376 e. The second-order valence-corrected chi connectivity index (χ2v) is 5.76. The van der Waals surface area contributed by atoms with E-state index in [0.29, 0.717) is 6.54 Å². The molecule has 3 rings (SSSR count). The van der Waals surface area contributed by atoms with Gasteiger partial charge in [0.15, 0.2) is 0 Å². The van der Waals surface area contributed by atoms with Crippen molar-refractivity contribution in [1.29, 1.82) is 0 Å². The van der Waals surface area contributed by atoms with E-state index in [2.05, 4.69) is 5.43 Å². The van der Waals surface area contributed by atoms with Crippen LogP contribution in [0.15, 0.2) is 10.9 Å². The lowest BCUT2D eigenvalue weighted by Crippen LogP contribution is -2.39. The molecule has 6 heteroatoms. The van der Waals surface area contributed by atoms with Crippen LogP contribution in [-0.2, 0) is 24.1 Å². The van der Waals surface area contributed by atoms with Crippen molar-refractivity contribution in [2.75, 3.05) is 6.61 Å². The van der Waals surface area contributed by atoms with E-state index in [9.17, 15) is 9.59 Å². The molecule has 1 unspecified atom stereocenters. The molecule has 0 bridgehead atoms. The third kappa shape index (κ3) is 2.73. The summed E-state index contributed by atoms with van der Waals surface area (Å²) in [6.45, 7) is 1.29. The van der Waals surface area contributed by atoms with Gasteiger partial charge in [0.2, 0.25) is 0 Å². The molecular formula is C15H21N3O3. The third-order valence-electron chi connectivity index (χ3n) is 4.39. The fraction of sp³-hybridized carbons (Fsp3) is 0.600. The molecule has 1 aromatic rings. The van der Waals surface area contributed by atoms with Gasteiger partial charge in [-0.25, -0.2) is 5.84 Å². The number of nitrogens with one attached hydrogen (secondary N) is 1. The molecular weight excluding hydrogens is 270 g/mol. The number of rotatable bonds is 3. The number of nitrogen functional groups attached to an aromatic ring is 1. The highest BCUT2D eigenvalue weighted by atomic mass is 16.5. The standard InChI is InChI=1S/C15H21N3O3/c16-17-14(19)12-8-10-4-1-2-6-13(10)18(15(12)20)9-11-5-3-7-21-11/h8,11H,1-7,9,16H2,(H,17,19). The zero-order valence-corrected chi connectivity index (χ0v) is 12.1. The SMILES string of the molecule is NNC(=O)c1cc2c(n(CC3CCCO3)c1=O)CCCC2. The Hall–Kier alpha value is -1.66. The number of carbonyl (C=O) groups excluding carboxylic acids is 1. The van der Waals surface area contributed by atoms with E-state index in [-0.39, 0.29) is 17.2 Å². The van der Waals surface area contributed by atoms with Gasteiger partial charge in [-0.1, -0.05) is 0 Å². The van der Waals surface area contributed by atoms with Gasteiger partial charge in [-0.15, -0.1) is 0 Å². The Labute approximate surface area is 123 Å². The maximum atomic E-state index is 12.6. The van der Waals surface area contributed by atoms with Crippen LogP contribution in [0.1, 0.15) is 47.3 Å². The number of amides is 1. The molecule has 1 atom stereocenters. The maximum absolute atomic E-state index is 12.6. The van der Waals surface area contributed by atoms with Gasteiger partial charge in [0.05, 0.1) is 12.6 Å². The topological polar surface area (TPSA) is 86.3 Å². The molecule has 0 aromatic carbocycles. The van der Waals surface area contributed by atoms with Gasteiger partial charge in [-0.05, 0) is 50.2 Å². The van der Waals surface area contributed by atoms with Gasteiger partial charge in [0.1, 0.15) is 5.56 Å². The minimum absolute atomic E-state index is 0.0740. The Bertz CT molecular complexity index is 603. The summed E-state index contributed by atoms with van der Waals surface area (Å²) < 4.78 is 7.39. The van der Waals surface area contributed by atoms with Crippen molar-refractivity contribution in [1.82, 2.24) is 9.99 Å². The number of hydrogen-bond acceptors (Lipinski definition) is 4. The summed E-state index contributed by atoms with van der Waals surface area (Å²) in [4.78, 5) is 24.4. The highest BCUT2D eigenvalue weighted by Crippen LogP contribution is 2.22. The lowest BCUT2D eigenvalue weighted by atomic mass is 9.94. The minimum atomic E-state index is -0.519. The van der Waals surface area contributed by atoms with E-state index in [0.717, 1.165) is 56.4 Å². The number of nitrogens with two attached hydrogens (primary N) is 1. The Morgan fingerprint density at radius 1 is 1.38 bits per heavy atom. The number of carbonyl (C=O) groups is 1. The predicted molar refractivity (Wildman–Crippen MR) is 78.0 cm³/mol. The van der Waals surface area contributed by atoms with E-state index in [1.54, 1.807) is 10.6 Å². The van der Waals surface area contributed by atoms with E-state index in [4.69, 9.17) is 10.6 Å². The second kappa shape index (κ2) is 5.99. The van der Waals surface area contributed by atoms with E-state index >= 15 is 0 Å². The fourth-order valence-electron chi connectivity index (χ4n) is 3.31. The molecule has 2 heterocycles. The quantitative estimate of drug-likeness (QED) is 0.482. The summed E-state index contributed by atoms with van der Waals surface area (Å²) >= 11 is 0. The first-order chi connectivity index (χ1) is 10.2. The number of hydrogen-bond donors (Lipinski definition) is 2. The summed E-state index contributed by atoms with van der Waals surface area (Å²) in [6, 6.07) is 1.71. The smallest absolute Gasteiger partial charge is 0.270 e. The van der Waals surface area contributed by atoms with Crippen LogP contribution < -0.4 is 16.8 Å². The molecule has 1 aliphatic carbocycles. The second-order valence-electron chi connectivity index (χ2n) is 5.76. The largest absolute Gasteiger partial charge is 0.376 e. The Kier molecular flexibility index (Phi) is 4.07. The van der Waals surface area contributed by atoms with E-state index in [1.807, 2.05) is 0 Å². The van der Waals surface area contributed by atoms with Gasteiger partial charge in [-0.2, -0.15) is 0 Å². The number of fused-ring (bicyclic) bond motifs is 1. The van der Waals surface area contributed by atoms with Crippen LogP contribution in [0.5, 0.6) is 0 Å². The Balaban J connectivity index is 2.05. The number of aryl methyl sites for hydroxylation is 1. The van der Waals surface area contributed by atoms with Crippen molar-refractivity contribution in [2.45, 2.75) is 51.2 Å². The molecule has 1 saturated heterocycles. The summed E-state index contributed by atoms with van der Waals surface area (Å²) in [6.07, 6.45) is 6.05. The van der Waals surface area contributed by atoms with Crippen LogP contribution in [0.25, 0.3) is 0 Å². The van der Waals surface area contributed by atoms with E-state index < -0.39 is 5.91 Å². The van der Waals surface area contributed by atoms with Crippen molar-refractivity contribution in [3.63, 3.8) is 0 Å². The van der Waals surface area contributed by atoms with Crippen molar-refractivity contribution >= 4 is 5.91 Å². The number of nitrogens with zero attached hydrogens (tertiary/aromatic N) is 1. The summed E-state index contributed by atoms with van der Waals surface area (Å²) in [5, 5.41) is 0. The third-order valence-corrected chi connectivity index (χ3v) is 4.39. The first-order valence-electron chi connectivity index (χ1n) is 7.59. The van der Waals surface area contributed by atoms with Crippen LogP contribution >= 0.6 is 0 Å². The van der Waals surface area contributed by atoms with Crippen LogP contribution in [0.3, 0.4) is 0 Å². The lowest BCUT2D eigenvalue weighted by Gasteiger charge is -2.23. The molecule has 0 radical (unpaired) electrons. The molecule has 2 aliphatic rings. The van der Waals surface area contributed by atoms with Gasteiger partial charge >= 0.3 is 0 Å². The Morgan fingerprint density at radius 3 is 2.90 bits per heavy atom. The average molecular weight is 291 g/mol. The van der Waals surface area contributed by atoms with Crippen LogP contribution in [-0.4, -0.2) is 23.2 Å². The molecule has 21 heavy (non-hydrogen) atoms. The van der Waals surface area contributed by atoms with Crippen LogP contribution in [0.2, 0.25) is 0 Å². The number of pyridine rings is 1. The lowest BCUT2D eigenvalue weighted by molar-refractivity contribution is 0.0925. The number of hydrazine groups is 1. The highest BCUT2D eigenvalue weighted by Gasteiger charge is 2.24. The molecule has 0 spiro atoms. The molecule has 1 aromatic heterocycles. The van der Waals surface area contributed by atoms with Crippen molar-refractivity contribution in [2.24, 2.45) is 5.84 Å². The van der Waals surface area contributed by atoms with Gasteiger partial charge in [-0.3, -0.25) is 15.0 Å². The van der Waals surface area contributed by atoms with Crippen LogP contribution in [0.4, 0.5) is 0 Å². The maximum Gasteiger partial charge on any atom is 0.270 e. The monoisotopic (exact) mass is 291 g/mol. The predicted octanol–water partition coefficient (Wildman–Crippen LogP) is 0.510. The molecule has 0 saturated carbocycles. The molecule has 6 nitrogen and oxygen atoms in total. The Morgan fingerprint density at radius 2 is 2.19 bits per heavy atom. The van der Waals surface area contributed by atoms with Gasteiger partial charge < -0.3 is 9.30 Å². The molecule has 1 amide bonds. The van der Waals surface area contributed by atoms with Crippen molar-refractivity contribution in [3.05, 3.63) is 33.2 Å². The molecule has 1 fully saturated rings. The zero-order valence-electron chi connectivity index (χ0n) is 12.1. The zero-order chi connectivity index (χ0) is 14.8. The van der Waals surface area contributed by atoms with Crippen LogP contribution in [0, 0.1) is 0 Å².